The Morgan fingerprint density at radius 2 is 1.65 bits per heavy atom. The predicted molar refractivity (Wildman–Crippen MR) is 91.7 cm³/mol. The van der Waals surface area contributed by atoms with E-state index >= 15 is 0 Å². The quantitative estimate of drug-likeness (QED) is 0.752. The topological polar surface area (TPSA) is 46.6 Å². The number of amides is 1. The van der Waals surface area contributed by atoms with Gasteiger partial charge in [-0.2, -0.15) is 0 Å². The van der Waals surface area contributed by atoms with Gasteiger partial charge in [0, 0.05) is 20.5 Å². The van der Waals surface area contributed by atoms with E-state index in [9.17, 15) is 9.59 Å². The zero-order valence-corrected chi connectivity index (χ0v) is 15.2. The molecule has 0 N–H and O–H groups in total. The molecule has 0 spiro atoms. The van der Waals surface area contributed by atoms with Gasteiger partial charge in [-0.3, -0.25) is 9.59 Å². The molecular formula is C19H29NO3. The molecule has 1 atom stereocenters. The van der Waals surface area contributed by atoms with Crippen molar-refractivity contribution >= 4 is 11.9 Å². The number of esters is 1. The minimum absolute atomic E-state index is 0.0435. The molecule has 128 valence electrons. The number of benzene rings is 1. The molecule has 0 aromatic heterocycles. The second kappa shape index (κ2) is 7.62. The molecule has 0 saturated carbocycles. The molecular weight excluding hydrogens is 290 g/mol. The largest absolute Gasteiger partial charge is 0.460 e. The van der Waals surface area contributed by atoms with Crippen LogP contribution in [0.5, 0.6) is 0 Å². The highest BCUT2D eigenvalue weighted by Crippen LogP contribution is 2.35. The maximum Gasteiger partial charge on any atom is 0.313 e. The van der Waals surface area contributed by atoms with Crippen LogP contribution in [0.1, 0.15) is 46.6 Å². The zero-order chi connectivity index (χ0) is 17.7. The van der Waals surface area contributed by atoms with E-state index in [0.717, 1.165) is 5.56 Å². The highest BCUT2D eigenvalue weighted by molar-refractivity contribution is 5.79. The van der Waals surface area contributed by atoms with Gasteiger partial charge in [0.1, 0.15) is 6.61 Å². The summed E-state index contributed by atoms with van der Waals surface area (Å²) in [7, 11) is 1.72. The van der Waals surface area contributed by atoms with Crippen molar-refractivity contribution in [3.63, 3.8) is 0 Å². The van der Waals surface area contributed by atoms with Crippen molar-refractivity contribution in [1.82, 2.24) is 4.90 Å². The van der Waals surface area contributed by atoms with Crippen LogP contribution in [0.2, 0.25) is 0 Å². The van der Waals surface area contributed by atoms with Gasteiger partial charge in [0.15, 0.2) is 0 Å². The van der Waals surface area contributed by atoms with Crippen molar-refractivity contribution in [2.75, 3.05) is 13.6 Å². The van der Waals surface area contributed by atoms with Crippen LogP contribution >= 0.6 is 0 Å². The lowest BCUT2D eigenvalue weighted by Crippen LogP contribution is -2.44. The maximum absolute atomic E-state index is 12.7. The fourth-order valence-corrected chi connectivity index (χ4v) is 2.90. The first-order valence-electron chi connectivity index (χ1n) is 7.96. The first-order chi connectivity index (χ1) is 10.5. The summed E-state index contributed by atoms with van der Waals surface area (Å²) in [5, 5.41) is 0. The van der Waals surface area contributed by atoms with Gasteiger partial charge in [-0.15, -0.1) is 0 Å². The van der Waals surface area contributed by atoms with Crippen LogP contribution in [-0.4, -0.2) is 30.4 Å². The van der Waals surface area contributed by atoms with E-state index in [1.54, 1.807) is 11.9 Å². The lowest BCUT2D eigenvalue weighted by molar-refractivity contribution is -0.160. The standard InChI is InChI=1S/C19H29NO3/c1-15(21)20(6)14-19(5,13-18(2,3)4)17(22)23-12-16-10-8-7-9-11-16/h7-11H,12-14H2,1-6H3. The molecule has 23 heavy (non-hydrogen) atoms. The Bertz CT molecular complexity index is 533. The summed E-state index contributed by atoms with van der Waals surface area (Å²) in [6.45, 7) is 10.3. The minimum Gasteiger partial charge on any atom is -0.460 e. The van der Waals surface area contributed by atoms with Crippen molar-refractivity contribution in [3.05, 3.63) is 35.9 Å². The summed E-state index contributed by atoms with van der Waals surface area (Å²) in [6, 6.07) is 9.62. The first kappa shape index (κ1) is 19.2. The molecule has 0 aliphatic carbocycles. The fourth-order valence-electron chi connectivity index (χ4n) is 2.90. The van der Waals surface area contributed by atoms with Gasteiger partial charge in [0.2, 0.25) is 5.91 Å². The van der Waals surface area contributed by atoms with E-state index in [0.29, 0.717) is 13.0 Å². The summed E-state index contributed by atoms with van der Waals surface area (Å²) in [4.78, 5) is 25.9. The van der Waals surface area contributed by atoms with Gasteiger partial charge in [-0.1, -0.05) is 51.1 Å². The molecule has 1 amide bonds. The molecule has 1 rings (SSSR count). The van der Waals surface area contributed by atoms with Crippen LogP contribution in [0.3, 0.4) is 0 Å². The van der Waals surface area contributed by atoms with E-state index in [1.807, 2.05) is 37.3 Å². The van der Waals surface area contributed by atoms with Gasteiger partial charge in [-0.25, -0.2) is 0 Å². The monoisotopic (exact) mass is 319 g/mol. The van der Waals surface area contributed by atoms with Crippen LogP contribution in [0.4, 0.5) is 0 Å². The Morgan fingerprint density at radius 1 is 1.09 bits per heavy atom. The van der Waals surface area contributed by atoms with Crippen LogP contribution in [-0.2, 0) is 20.9 Å². The molecule has 1 aromatic rings. The van der Waals surface area contributed by atoms with Crippen LogP contribution in [0, 0.1) is 10.8 Å². The lowest BCUT2D eigenvalue weighted by atomic mass is 9.74. The molecule has 0 bridgehead atoms. The second-order valence-corrected chi connectivity index (χ2v) is 7.73. The summed E-state index contributed by atoms with van der Waals surface area (Å²) in [5.74, 6) is -0.314. The third-order valence-electron chi connectivity index (χ3n) is 3.75. The molecule has 4 heteroatoms. The van der Waals surface area contributed by atoms with Crippen LogP contribution in [0.15, 0.2) is 30.3 Å². The second-order valence-electron chi connectivity index (χ2n) is 7.73. The number of rotatable bonds is 6. The van der Waals surface area contributed by atoms with E-state index < -0.39 is 5.41 Å². The van der Waals surface area contributed by atoms with E-state index in [4.69, 9.17) is 4.74 Å². The van der Waals surface area contributed by atoms with E-state index in [2.05, 4.69) is 20.8 Å². The Hall–Kier alpha value is -1.84. The Labute approximate surface area is 139 Å². The number of hydrogen-bond donors (Lipinski definition) is 0. The molecule has 0 aliphatic heterocycles. The van der Waals surface area contributed by atoms with Gasteiger partial charge in [0.25, 0.3) is 0 Å². The molecule has 1 unspecified atom stereocenters. The minimum atomic E-state index is -0.729. The van der Waals surface area contributed by atoms with Gasteiger partial charge in [-0.05, 0) is 24.3 Å². The average Bonchev–Trinajstić information content (AvgIpc) is 2.43. The van der Waals surface area contributed by atoms with Gasteiger partial charge >= 0.3 is 5.97 Å². The molecule has 0 heterocycles. The highest BCUT2D eigenvalue weighted by Gasteiger charge is 2.40. The summed E-state index contributed by atoms with van der Waals surface area (Å²) in [5.41, 5.74) is 0.185. The number of carbonyl (C=O) groups excluding carboxylic acids is 2. The first-order valence-corrected chi connectivity index (χ1v) is 7.96. The fraction of sp³-hybridized carbons (Fsp3) is 0.579. The Kier molecular flexibility index (Phi) is 6.37. The SMILES string of the molecule is CC(=O)N(C)CC(C)(CC(C)(C)C)C(=O)OCc1ccccc1. The zero-order valence-electron chi connectivity index (χ0n) is 15.2. The van der Waals surface area contributed by atoms with Crippen molar-refractivity contribution in [2.24, 2.45) is 10.8 Å². The normalized spacial score (nSPS) is 14.0. The van der Waals surface area contributed by atoms with Gasteiger partial charge < -0.3 is 9.64 Å². The molecule has 0 radical (unpaired) electrons. The van der Waals surface area contributed by atoms with Crippen molar-refractivity contribution < 1.29 is 14.3 Å². The molecule has 4 nitrogen and oxygen atoms in total. The Morgan fingerprint density at radius 3 is 2.13 bits per heavy atom. The maximum atomic E-state index is 12.7. The van der Waals surface area contributed by atoms with Crippen molar-refractivity contribution in [2.45, 2.75) is 47.6 Å². The van der Waals surface area contributed by atoms with E-state index in [-0.39, 0.29) is 23.9 Å². The summed E-state index contributed by atoms with van der Waals surface area (Å²) < 4.78 is 5.54. The molecule has 0 aliphatic rings. The van der Waals surface area contributed by atoms with Crippen LogP contribution in [0.25, 0.3) is 0 Å². The highest BCUT2D eigenvalue weighted by atomic mass is 16.5. The molecule has 0 fully saturated rings. The van der Waals surface area contributed by atoms with Crippen molar-refractivity contribution in [1.29, 1.82) is 0 Å². The Balaban J connectivity index is 2.85. The number of ether oxygens (including phenoxy) is 1. The lowest BCUT2D eigenvalue weighted by Gasteiger charge is -2.36. The number of carbonyl (C=O) groups is 2. The number of nitrogens with zero attached hydrogens (tertiary/aromatic N) is 1. The molecule has 0 saturated heterocycles. The predicted octanol–water partition coefficient (Wildman–Crippen LogP) is 3.65. The van der Waals surface area contributed by atoms with Gasteiger partial charge in [0.05, 0.1) is 5.41 Å². The summed E-state index contributed by atoms with van der Waals surface area (Å²) >= 11 is 0. The smallest absolute Gasteiger partial charge is 0.313 e. The molecule has 1 aromatic carbocycles. The summed E-state index contributed by atoms with van der Waals surface area (Å²) in [6.07, 6.45) is 0.644. The van der Waals surface area contributed by atoms with Crippen LogP contribution < -0.4 is 0 Å². The average molecular weight is 319 g/mol. The number of hydrogen-bond acceptors (Lipinski definition) is 3. The third-order valence-corrected chi connectivity index (χ3v) is 3.75. The van der Waals surface area contributed by atoms with Crippen molar-refractivity contribution in [3.8, 4) is 0 Å². The third kappa shape index (κ3) is 6.43. The van der Waals surface area contributed by atoms with E-state index in [1.165, 1.54) is 6.92 Å².